The zero-order valence-electron chi connectivity index (χ0n) is 18.5. The summed E-state index contributed by atoms with van der Waals surface area (Å²) >= 11 is 0. The number of carbonyl (C=O) groups is 3. The highest BCUT2D eigenvalue weighted by molar-refractivity contribution is 5.81. The highest BCUT2D eigenvalue weighted by Crippen LogP contribution is 2.34. The molecule has 0 saturated heterocycles. The minimum atomic E-state index is -0.517. The van der Waals surface area contributed by atoms with Crippen molar-refractivity contribution in [2.24, 2.45) is 17.8 Å². The summed E-state index contributed by atoms with van der Waals surface area (Å²) < 4.78 is 26.8. The third-order valence-electron chi connectivity index (χ3n) is 6.05. The molecule has 0 amide bonds. The highest BCUT2D eigenvalue weighted by atomic mass is 16.7. The molecule has 0 aromatic heterocycles. The van der Waals surface area contributed by atoms with Crippen LogP contribution in [-0.2, 0) is 38.1 Å². The summed E-state index contributed by atoms with van der Waals surface area (Å²) in [6, 6.07) is 0. The van der Waals surface area contributed by atoms with E-state index in [0.29, 0.717) is 25.7 Å². The second kappa shape index (κ2) is 12.6. The van der Waals surface area contributed by atoms with Crippen molar-refractivity contribution in [1.82, 2.24) is 0 Å². The summed E-state index contributed by atoms with van der Waals surface area (Å²) in [5.74, 6) is -0.974. The minimum Gasteiger partial charge on any atom is -0.462 e. The summed E-state index contributed by atoms with van der Waals surface area (Å²) in [5, 5.41) is 0. The van der Waals surface area contributed by atoms with Crippen LogP contribution in [0.5, 0.6) is 0 Å². The fraction of sp³-hybridized carbons (Fsp3) is 0.696. The van der Waals surface area contributed by atoms with Crippen LogP contribution in [0.1, 0.15) is 52.4 Å². The van der Waals surface area contributed by atoms with Gasteiger partial charge < -0.3 is 23.7 Å². The van der Waals surface area contributed by atoms with Crippen molar-refractivity contribution in [2.45, 2.75) is 70.7 Å². The molecule has 8 heteroatoms. The molecule has 0 N–H and O–H groups in total. The van der Waals surface area contributed by atoms with Crippen LogP contribution in [0.4, 0.5) is 0 Å². The quantitative estimate of drug-likeness (QED) is 0.222. The largest absolute Gasteiger partial charge is 0.462 e. The third kappa shape index (κ3) is 8.10. The number of carbonyl (C=O) groups excluding carboxylic acids is 3. The normalized spacial score (nSPS) is 30.6. The molecule has 2 rings (SSSR count). The third-order valence-corrected chi connectivity index (χ3v) is 6.05. The van der Waals surface area contributed by atoms with Crippen molar-refractivity contribution in [3.05, 3.63) is 25.3 Å². The fourth-order valence-electron chi connectivity index (χ4n) is 4.24. The van der Waals surface area contributed by atoms with Gasteiger partial charge >= 0.3 is 17.9 Å². The lowest BCUT2D eigenvalue weighted by molar-refractivity contribution is -0.172. The van der Waals surface area contributed by atoms with Crippen LogP contribution >= 0.6 is 0 Å². The van der Waals surface area contributed by atoms with Gasteiger partial charge in [-0.1, -0.05) is 27.0 Å². The molecule has 0 aromatic carbocycles. The average molecular weight is 439 g/mol. The Morgan fingerprint density at radius 1 is 0.806 bits per heavy atom. The van der Waals surface area contributed by atoms with Gasteiger partial charge in [-0.05, 0) is 50.4 Å². The van der Waals surface area contributed by atoms with E-state index in [9.17, 15) is 14.4 Å². The molecule has 0 radical (unpaired) electrons. The van der Waals surface area contributed by atoms with Crippen LogP contribution in [-0.4, -0.2) is 49.8 Å². The van der Waals surface area contributed by atoms with E-state index in [4.69, 9.17) is 23.7 Å². The first kappa shape index (κ1) is 25.1. The van der Waals surface area contributed by atoms with Crippen LogP contribution in [0.2, 0.25) is 0 Å². The van der Waals surface area contributed by atoms with Gasteiger partial charge in [0, 0.05) is 12.2 Å². The summed E-state index contributed by atoms with van der Waals surface area (Å²) in [6.45, 7) is 10.6. The summed E-state index contributed by atoms with van der Waals surface area (Å²) in [7, 11) is 0. The second-order valence-electron chi connectivity index (χ2n) is 8.32. The van der Waals surface area contributed by atoms with E-state index in [1.807, 2.05) is 13.8 Å². The van der Waals surface area contributed by atoms with Crippen LogP contribution in [0.3, 0.4) is 0 Å². The smallest absolute Gasteiger partial charge is 0.332 e. The van der Waals surface area contributed by atoms with Crippen LogP contribution in [0, 0.1) is 17.8 Å². The van der Waals surface area contributed by atoms with E-state index >= 15 is 0 Å². The number of rotatable bonds is 10. The standard InChI is InChI=1S/C23H34O8/c1-5-21(24)29-13-27-19-9-7-17(11-15(19)3)23(26)31-18-8-10-20(16(4)12-18)28-14-30-22(25)6-2/h5-6,15-20H,1-2,7-14H2,3-4H3. The molecule has 2 fully saturated rings. The van der Waals surface area contributed by atoms with Gasteiger partial charge in [0.1, 0.15) is 6.10 Å². The monoisotopic (exact) mass is 438 g/mol. The van der Waals surface area contributed by atoms with Crippen molar-refractivity contribution >= 4 is 17.9 Å². The van der Waals surface area contributed by atoms with Crippen molar-refractivity contribution < 1.29 is 38.1 Å². The van der Waals surface area contributed by atoms with E-state index in [0.717, 1.165) is 25.0 Å². The van der Waals surface area contributed by atoms with Gasteiger partial charge in [0.2, 0.25) is 0 Å². The molecule has 0 aliphatic heterocycles. The molecular weight excluding hydrogens is 404 g/mol. The lowest BCUT2D eigenvalue weighted by Crippen LogP contribution is -2.38. The Morgan fingerprint density at radius 3 is 1.81 bits per heavy atom. The topological polar surface area (TPSA) is 97.4 Å². The lowest BCUT2D eigenvalue weighted by Gasteiger charge is -2.36. The van der Waals surface area contributed by atoms with Gasteiger partial charge in [-0.25, -0.2) is 9.59 Å². The van der Waals surface area contributed by atoms with Gasteiger partial charge in [0.15, 0.2) is 13.6 Å². The molecule has 0 aromatic rings. The van der Waals surface area contributed by atoms with E-state index < -0.39 is 11.9 Å². The molecule has 174 valence electrons. The maximum absolute atomic E-state index is 12.7. The predicted octanol–water partition coefficient (Wildman–Crippen LogP) is 3.30. The Morgan fingerprint density at radius 2 is 1.32 bits per heavy atom. The zero-order chi connectivity index (χ0) is 22.8. The van der Waals surface area contributed by atoms with Crippen LogP contribution in [0.25, 0.3) is 0 Å². The molecule has 8 nitrogen and oxygen atoms in total. The maximum Gasteiger partial charge on any atom is 0.332 e. The maximum atomic E-state index is 12.7. The Balaban J connectivity index is 1.69. The Bertz CT molecular complexity index is 645. The van der Waals surface area contributed by atoms with Crippen LogP contribution < -0.4 is 0 Å². The first-order valence-corrected chi connectivity index (χ1v) is 10.9. The Labute approximate surface area is 183 Å². The first-order chi connectivity index (χ1) is 14.8. The molecule has 2 aliphatic carbocycles. The van der Waals surface area contributed by atoms with E-state index in [-0.39, 0.29) is 55.6 Å². The molecule has 2 aliphatic rings. The van der Waals surface area contributed by atoms with Crippen molar-refractivity contribution in [2.75, 3.05) is 13.6 Å². The fourth-order valence-corrected chi connectivity index (χ4v) is 4.24. The molecular formula is C23H34O8. The highest BCUT2D eigenvalue weighted by Gasteiger charge is 2.36. The predicted molar refractivity (Wildman–Crippen MR) is 111 cm³/mol. The van der Waals surface area contributed by atoms with E-state index in [1.54, 1.807) is 0 Å². The molecule has 0 bridgehead atoms. The summed E-state index contributed by atoms with van der Waals surface area (Å²) in [5.41, 5.74) is 0. The van der Waals surface area contributed by atoms with Crippen molar-refractivity contribution in [3.8, 4) is 0 Å². The van der Waals surface area contributed by atoms with Crippen molar-refractivity contribution in [3.63, 3.8) is 0 Å². The number of ether oxygens (including phenoxy) is 5. The molecule has 0 heterocycles. The van der Waals surface area contributed by atoms with Gasteiger partial charge in [0.05, 0.1) is 18.1 Å². The molecule has 6 unspecified atom stereocenters. The SMILES string of the molecule is C=CC(=O)OCOC1CCC(OC(=O)C2CCC(OCOC(=O)C=C)C(C)C2)CC1C. The Kier molecular flexibility index (Phi) is 10.2. The molecule has 0 spiro atoms. The second-order valence-corrected chi connectivity index (χ2v) is 8.32. The molecule has 31 heavy (non-hydrogen) atoms. The van der Waals surface area contributed by atoms with Gasteiger partial charge in [-0.3, -0.25) is 4.79 Å². The minimum absolute atomic E-state index is 0.0321. The van der Waals surface area contributed by atoms with Gasteiger partial charge in [0.25, 0.3) is 0 Å². The average Bonchev–Trinajstić information content (AvgIpc) is 2.75. The molecule has 6 atom stereocenters. The lowest BCUT2D eigenvalue weighted by atomic mass is 9.80. The number of hydrogen-bond donors (Lipinski definition) is 0. The number of esters is 3. The summed E-state index contributed by atoms with van der Waals surface area (Å²) in [4.78, 5) is 34.9. The van der Waals surface area contributed by atoms with Crippen molar-refractivity contribution in [1.29, 1.82) is 0 Å². The zero-order valence-corrected chi connectivity index (χ0v) is 18.5. The molecule has 2 saturated carbocycles. The van der Waals surface area contributed by atoms with Gasteiger partial charge in [-0.2, -0.15) is 0 Å². The van der Waals surface area contributed by atoms with Gasteiger partial charge in [-0.15, -0.1) is 0 Å². The van der Waals surface area contributed by atoms with E-state index in [2.05, 4.69) is 13.2 Å². The van der Waals surface area contributed by atoms with E-state index in [1.165, 1.54) is 0 Å². The number of hydrogen-bond acceptors (Lipinski definition) is 8. The first-order valence-electron chi connectivity index (χ1n) is 10.9. The summed E-state index contributed by atoms with van der Waals surface area (Å²) in [6.07, 6.45) is 6.25. The van der Waals surface area contributed by atoms with Crippen LogP contribution in [0.15, 0.2) is 25.3 Å². The Hall–Kier alpha value is -2.19.